The van der Waals surface area contributed by atoms with Crippen LogP contribution in [0.3, 0.4) is 0 Å². The fraction of sp³-hybridized carbons (Fsp3) is 0.300. The number of halogens is 2. The van der Waals surface area contributed by atoms with Crippen molar-refractivity contribution in [3.63, 3.8) is 0 Å². The Labute approximate surface area is 161 Å². The van der Waals surface area contributed by atoms with Gasteiger partial charge in [-0.2, -0.15) is 8.78 Å². The molecule has 0 saturated carbocycles. The Morgan fingerprint density at radius 2 is 1.71 bits per heavy atom. The molecule has 150 valence electrons. The van der Waals surface area contributed by atoms with Crippen molar-refractivity contribution in [2.24, 2.45) is 0 Å². The Balaban J connectivity index is 1.89. The molecule has 0 atom stereocenters. The fourth-order valence-electron chi connectivity index (χ4n) is 2.68. The normalized spacial score (nSPS) is 10.6. The molecule has 1 amide bonds. The molecule has 6 nitrogen and oxygen atoms in total. The van der Waals surface area contributed by atoms with Crippen LogP contribution >= 0.6 is 0 Å². The molecule has 2 aromatic rings. The predicted molar refractivity (Wildman–Crippen MR) is 98.2 cm³/mol. The first-order valence-electron chi connectivity index (χ1n) is 8.54. The van der Waals surface area contributed by atoms with Gasteiger partial charge >= 0.3 is 12.6 Å². The number of amides is 1. The third-order valence-corrected chi connectivity index (χ3v) is 3.91. The monoisotopic (exact) mass is 393 g/mol. The van der Waals surface area contributed by atoms with E-state index in [1.165, 1.54) is 12.1 Å². The van der Waals surface area contributed by atoms with Crippen molar-refractivity contribution < 1.29 is 33.0 Å². The van der Waals surface area contributed by atoms with E-state index in [1.807, 2.05) is 0 Å². The number of aryl methyl sites for hydroxylation is 2. The summed E-state index contributed by atoms with van der Waals surface area (Å²) in [4.78, 5) is 22.8. The highest BCUT2D eigenvalue weighted by molar-refractivity contribution is 5.94. The first-order chi connectivity index (χ1) is 13.3. The lowest BCUT2D eigenvalue weighted by molar-refractivity contribution is -0.139. The number of alkyl halides is 2. The first kappa shape index (κ1) is 21.1. The van der Waals surface area contributed by atoms with Gasteiger partial charge in [0.15, 0.2) is 6.61 Å². The molecule has 0 fully saturated rings. The number of benzene rings is 2. The molecule has 0 aliphatic carbocycles. The highest BCUT2D eigenvalue weighted by atomic mass is 19.3. The Morgan fingerprint density at radius 3 is 2.25 bits per heavy atom. The maximum Gasteiger partial charge on any atom is 0.387 e. The number of aliphatic carboxylic acids is 1. The van der Waals surface area contributed by atoms with E-state index >= 15 is 0 Å². The molecular formula is C20H21F2NO5. The maximum absolute atomic E-state index is 12.4. The number of carboxylic acids is 1. The van der Waals surface area contributed by atoms with E-state index in [9.17, 15) is 18.4 Å². The molecule has 0 aromatic heterocycles. The van der Waals surface area contributed by atoms with Gasteiger partial charge in [-0.3, -0.25) is 4.79 Å². The minimum atomic E-state index is -2.92. The van der Waals surface area contributed by atoms with Crippen LogP contribution in [0.15, 0.2) is 36.4 Å². The second-order valence-electron chi connectivity index (χ2n) is 6.15. The molecule has 0 aliphatic rings. The van der Waals surface area contributed by atoms with Gasteiger partial charge in [0, 0.05) is 12.1 Å². The highest BCUT2D eigenvalue weighted by Gasteiger charge is 2.14. The van der Waals surface area contributed by atoms with E-state index in [4.69, 9.17) is 9.84 Å². The van der Waals surface area contributed by atoms with Gasteiger partial charge in [-0.05, 0) is 61.2 Å². The van der Waals surface area contributed by atoms with Gasteiger partial charge in [0.2, 0.25) is 0 Å². The summed E-state index contributed by atoms with van der Waals surface area (Å²) in [5.74, 6) is -0.828. The fourth-order valence-corrected chi connectivity index (χ4v) is 2.68. The van der Waals surface area contributed by atoms with Gasteiger partial charge in [-0.1, -0.05) is 12.1 Å². The van der Waals surface area contributed by atoms with E-state index in [0.29, 0.717) is 35.4 Å². The van der Waals surface area contributed by atoms with Crippen LogP contribution in [0.5, 0.6) is 11.5 Å². The highest BCUT2D eigenvalue weighted by Crippen LogP contribution is 2.26. The molecule has 2 rings (SSSR count). The maximum atomic E-state index is 12.4. The Hall–Kier alpha value is -3.16. The summed E-state index contributed by atoms with van der Waals surface area (Å²) in [6.07, 6.45) is 0.565. The molecule has 0 heterocycles. The van der Waals surface area contributed by atoms with Crippen molar-refractivity contribution in [2.75, 3.05) is 13.2 Å². The largest absolute Gasteiger partial charge is 0.482 e. The Kier molecular flexibility index (Phi) is 7.31. The van der Waals surface area contributed by atoms with Crippen LogP contribution in [0.25, 0.3) is 0 Å². The Bertz CT molecular complexity index is 814. The molecule has 0 saturated heterocycles. The molecule has 0 unspecified atom stereocenters. The molecule has 0 aliphatic heterocycles. The molecule has 0 radical (unpaired) electrons. The van der Waals surface area contributed by atoms with Crippen LogP contribution in [0.4, 0.5) is 8.78 Å². The average molecular weight is 393 g/mol. The van der Waals surface area contributed by atoms with Crippen LogP contribution < -0.4 is 14.8 Å². The number of hydrogen-bond acceptors (Lipinski definition) is 4. The third kappa shape index (κ3) is 6.22. The number of rotatable bonds is 9. The summed E-state index contributed by atoms with van der Waals surface area (Å²) in [6.45, 7) is 0.264. The quantitative estimate of drug-likeness (QED) is 0.683. The van der Waals surface area contributed by atoms with Crippen molar-refractivity contribution >= 4 is 11.9 Å². The van der Waals surface area contributed by atoms with Crippen molar-refractivity contribution in [3.05, 3.63) is 58.7 Å². The summed E-state index contributed by atoms with van der Waals surface area (Å²) < 4.78 is 34.4. The zero-order chi connectivity index (χ0) is 20.7. The second-order valence-corrected chi connectivity index (χ2v) is 6.15. The van der Waals surface area contributed by atoms with Gasteiger partial charge in [0.05, 0.1) is 0 Å². The Morgan fingerprint density at radius 1 is 1.11 bits per heavy atom. The van der Waals surface area contributed by atoms with Gasteiger partial charge in [-0.25, -0.2) is 4.79 Å². The third-order valence-electron chi connectivity index (χ3n) is 3.91. The molecule has 8 heteroatoms. The summed E-state index contributed by atoms with van der Waals surface area (Å²) in [7, 11) is 0. The molecule has 2 N–H and O–H groups in total. The van der Waals surface area contributed by atoms with Crippen LogP contribution in [-0.2, 0) is 11.2 Å². The number of carbonyl (C=O) groups is 2. The number of hydrogen-bond donors (Lipinski definition) is 2. The zero-order valence-corrected chi connectivity index (χ0v) is 15.5. The standard InChI is InChI=1S/C20H21F2NO5/c1-12-9-15(10-13(2)18(12)28-20(21)22)19(26)23-8-7-14-3-5-16(6-4-14)27-11-17(24)25/h3-6,9-10,20H,7-8,11H2,1-2H3,(H,23,26)(H,24,25). The summed E-state index contributed by atoms with van der Waals surface area (Å²) >= 11 is 0. The second kappa shape index (κ2) is 9.68. The van der Waals surface area contributed by atoms with Crippen LogP contribution in [0.2, 0.25) is 0 Å². The van der Waals surface area contributed by atoms with Crippen LogP contribution in [-0.4, -0.2) is 36.7 Å². The SMILES string of the molecule is Cc1cc(C(=O)NCCc2ccc(OCC(=O)O)cc2)cc(C)c1OC(F)F. The summed E-state index contributed by atoms with van der Waals surface area (Å²) in [5, 5.41) is 11.4. The van der Waals surface area contributed by atoms with E-state index in [0.717, 1.165) is 5.56 Å². The molecule has 0 spiro atoms. The van der Waals surface area contributed by atoms with Gasteiger partial charge in [0.25, 0.3) is 5.91 Å². The van der Waals surface area contributed by atoms with E-state index in [2.05, 4.69) is 10.1 Å². The van der Waals surface area contributed by atoms with E-state index in [1.54, 1.807) is 38.1 Å². The lowest BCUT2D eigenvalue weighted by atomic mass is 10.0. The lowest BCUT2D eigenvalue weighted by Gasteiger charge is -2.13. The van der Waals surface area contributed by atoms with Gasteiger partial charge in [-0.15, -0.1) is 0 Å². The molecule has 0 bridgehead atoms. The molecular weight excluding hydrogens is 372 g/mol. The number of carbonyl (C=O) groups excluding carboxylic acids is 1. The summed E-state index contributed by atoms with van der Waals surface area (Å²) in [5.41, 5.74) is 2.23. The van der Waals surface area contributed by atoms with Crippen LogP contribution in [0.1, 0.15) is 27.0 Å². The molecule has 28 heavy (non-hydrogen) atoms. The summed E-state index contributed by atoms with van der Waals surface area (Å²) in [6, 6.07) is 9.91. The average Bonchev–Trinajstić information content (AvgIpc) is 2.63. The zero-order valence-electron chi connectivity index (χ0n) is 15.5. The minimum Gasteiger partial charge on any atom is -0.482 e. The number of ether oxygens (including phenoxy) is 2. The number of carboxylic acid groups (broad SMARTS) is 1. The number of nitrogens with one attached hydrogen (secondary N) is 1. The van der Waals surface area contributed by atoms with Crippen molar-refractivity contribution in [3.8, 4) is 11.5 Å². The van der Waals surface area contributed by atoms with E-state index in [-0.39, 0.29) is 11.7 Å². The van der Waals surface area contributed by atoms with Crippen molar-refractivity contribution in [1.82, 2.24) is 5.32 Å². The molecule has 2 aromatic carbocycles. The minimum absolute atomic E-state index is 0.0803. The van der Waals surface area contributed by atoms with Crippen molar-refractivity contribution in [1.29, 1.82) is 0 Å². The van der Waals surface area contributed by atoms with Gasteiger partial charge < -0.3 is 19.9 Å². The lowest BCUT2D eigenvalue weighted by Crippen LogP contribution is -2.26. The van der Waals surface area contributed by atoms with Crippen molar-refractivity contribution in [2.45, 2.75) is 26.9 Å². The van der Waals surface area contributed by atoms with Crippen LogP contribution in [0, 0.1) is 13.8 Å². The van der Waals surface area contributed by atoms with Gasteiger partial charge in [0.1, 0.15) is 11.5 Å². The van der Waals surface area contributed by atoms with E-state index < -0.39 is 19.2 Å². The first-order valence-corrected chi connectivity index (χ1v) is 8.54. The smallest absolute Gasteiger partial charge is 0.387 e. The topological polar surface area (TPSA) is 84.9 Å². The predicted octanol–water partition coefficient (Wildman–Crippen LogP) is 3.34.